The van der Waals surface area contributed by atoms with Crippen molar-refractivity contribution in [1.82, 2.24) is 4.98 Å². The molecule has 1 heterocycles. The molecule has 0 radical (unpaired) electrons. The molecule has 0 aliphatic carbocycles. The van der Waals surface area contributed by atoms with E-state index >= 15 is 0 Å². The van der Waals surface area contributed by atoms with E-state index in [2.05, 4.69) is 42.2 Å². The third-order valence-electron chi connectivity index (χ3n) is 2.43. The quantitative estimate of drug-likeness (QED) is 0.779. The fraction of sp³-hybridized carbons (Fsp3) is 0.214. The van der Waals surface area contributed by atoms with Crippen molar-refractivity contribution < 1.29 is 4.74 Å². The van der Waals surface area contributed by atoms with Crippen molar-refractivity contribution in [3.63, 3.8) is 0 Å². The van der Waals surface area contributed by atoms with E-state index in [1.54, 1.807) is 6.07 Å². The summed E-state index contributed by atoms with van der Waals surface area (Å²) >= 11 is 6.94. The highest BCUT2D eigenvalue weighted by Gasteiger charge is 2.08. The Labute approximate surface area is 135 Å². The molecule has 4 nitrogen and oxygen atoms in total. The van der Waals surface area contributed by atoms with E-state index in [9.17, 15) is 0 Å². The molecule has 0 aliphatic rings. The molecule has 2 rings (SSSR count). The molecule has 2 aromatic rings. The highest BCUT2D eigenvalue weighted by molar-refractivity contribution is 9.11. The van der Waals surface area contributed by atoms with E-state index in [1.807, 2.05) is 38.1 Å². The zero-order valence-corrected chi connectivity index (χ0v) is 14.3. The van der Waals surface area contributed by atoms with Gasteiger partial charge in [0, 0.05) is 8.95 Å². The fourth-order valence-electron chi connectivity index (χ4n) is 1.57. The first-order valence-electron chi connectivity index (χ1n) is 6.11. The standard InChI is InChI=1S/C14H15Br2N3O/c1-8(2)20-14-11(17)5-6-13(19-14)18-12-7-9(15)3-4-10(12)16/h3-8H,17H2,1-2H3,(H,18,19). The van der Waals surface area contributed by atoms with Crippen molar-refractivity contribution in [2.75, 3.05) is 11.1 Å². The van der Waals surface area contributed by atoms with Crippen molar-refractivity contribution in [2.45, 2.75) is 20.0 Å². The molecule has 0 bridgehead atoms. The monoisotopic (exact) mass is 399 g/mol. The summed E-state index contributed by atoms with van der Waals surface area (Å²) in [6.45, 7) is 3.87. The van der Waals surface area contributed by atoms with Gasteiger partial charge in [0.1, 0.15) is 5.82 Å². The second-order valence-electron chi connectivity index (χ2n) is 4.51. The van der Waals surface area contributed by atoms with E-state index in [1.165, 1.54) is 0 Å². The second-order valence-corrected chi connectivity index (χ2v) is 6.28. The molecule has 1 aromatic heterocycles. The number of nitrogens with two attached hydrogens (primary N) is 1. The first kappa shape index (κ1) is 15.1. The molecule has 0 saturated carbocycles. The van der Waals surface area contributed by atoms with Crippen LogP contribution in [0.3, 0.4) is 0 Å². The Morgan fingerprint density at radius 1 is 1.20 bits per heavy atom. The van der Waals surface area contributed by atoms with Gasteiger partial charge in [-0.1, -0.05) is 15.9 Å². The lowest BCUT2D eigenvalue weighted by Gasteiger charge is -2.13. The predicted octanol–water partition coefficient (Wildman–Crippen LogP) is 4.72. The van der Waals surface area contributed by atoms with Crippen LogP contribution >= 0.6 is 31.9 Å². The fourth-order valence-corrected chi connectivity index (χ4v) is 2.28. The van der Waals surface area contributed by atoms with Crippen molar-refractivity contribution in [1.29, 1.82) is 0 Å². The molecule has 6 heteroatoms. The minimum Gasteiger partial charge on any atom is -0.473 e. The summed E-state index contributed by atoms with van der Waals surface area (Å²) < 4.78 is 7.51. The SMILES string of the molecule is CC(C)Oc1nc(Nc2cc(Br)ccc2Br)ccc1N. The summed E-state index contributed by atoms with van der Waals surface area (Å²) in [6.07, 6.45) is 0.0256. The molecule has 0 atom stereocenters. The van der Waals surface area contributed by atoms with Gasteiger partial charge < -0.3 is 15.8 Å². The van der Waals surface area contributed by atoms with Gasteiger partial charge in [-0.25, -0.2) is 0 Å². The lowest BCUT2D eigenvalue weighted by Crippen LogP contribution is -2.09. The van der Waals surface area contributed by atoms with E-state index in [0.29, 0.717) is 17.4 Å². The highest BCUT2D eigenvalue weighted by Crippen LogP contribution is 2.30. The summed E-state index contributed by atoms with van der Waals surface area (Å²) in [5.41, 5.74) is 7.29. The Morgan fingerprint density at radius 3 is 2.65 bits per heavy atom. The minimum atomic E-state index is 0.0256. The van der Waals surface area contributed by atoms with Crippen molar-refractivity contribution in [3.05, 3.63) is 39.3 Å². The molecule has 0 unspecified atom stereocenters. The van der Waals surface area contributed by atoms with Gasteiger partial charge in [-0.15, -0.1) is 0 Å². The Bertz CT molecular complexity index is 617. The molecule has 106 valence electrons. The molecule has 0 amide bonds. The van der Waals surface area contributed by atoms with E-state index in [0.717, 1.165) is 14.6 Å². The maximum atomic E-state index is 5.85. The maximum absolute atomic E-state index is 5.85. The smallest absolute Gasteiger partial charge is 0.239 e. The second kappa shape index (κ2) is 6.45. The maximum Gasteiger partial charge on any atom is 0.239 e. The number of nitrogens with one attached hydrogen (secondary N) is 1. The van der Waals surface area contributed by atoms with Crippen LogP contribution < -0.4 is 15.8 Å². The Hall–Kier alpha value is -1.27. The number of anilines is 3. The highest BCUT2D eigenvalue weighted by atomic mass is 79.9. The molecule has 0 fully saturated rings. The summed E-state index contributed by atoms with van der Waals surface area (Å²) in [5.74, 6) is 1.12. The van der Waals surface area contributed by atoms with Crippen molar-refractivity contribution in [2.24, 2.45) is 0 Å². The van der Waals surface area contributed by atoms with E-state index in [4.69, 9.17) is 10.5 Å². The molecular weight excluding hydrogens is 386 g/mol. The number of aromatic nitrogens is 1. The number of hydrogen-bond acceptors (Lipinski definition) is 4. The average molecular weight is 401 g/mol. The molecule has 0 saturated heterocycles. The summed E-state index contributed by atoms with van der Waals surface area (Å²) in [7, 11) is 0. The van der Waals surface area contributed by atoms with Gasteiger partial charge >= 0.3 is 0 Å². The Kier molecular flexibility index (Phi) is 4.88. The number of hydrogen-bond donors (Lipinski definition) is 2. The van der Waals surface area contributed by atoms with Crippen LogP contribution in [0.15, 0.2) is 39.3 Å². The van der Waals surface area contributed by atoms with Crippen LogP contribution in [-0.2, 0) is 0 Å². The predicted molar refractivity (Wildman–Crippen MR) is 89.5 cm³/mol. The zero-order valence-electron chi connectivity index (χ0n) is 11.2. The third kappa shape index (κ3) is 3.86. The van der Waals surface area contributed by atoms with E-state index < -0.39 is 0 Å². The van der Waals surface area contributed by atoms with Crippen LogP contribution in [-0.4, -0.2) is 11.1 Å². The van der Waals surface area contributed by atoms with E-state index in [-0.39, 0.29) is 6.10 Å². The minimum absolute atomic E-state index is 0.0256. The molecule has 0 spiro atoms. The zero-order chi connectivity index (χ0) is 14.7. The van der Waals surface area contributed by atoms with Gasteiger partial charge in [0.25, 0.3) is 0 Å². The number of rotatable bonds is 4. The van der Waals surface area contributed by atoms with Crippen LogP contribution in [0.5, 0.6) is 5.88 Å². The van der Waals surface area contributed by atoms with Crippen LogP contribution in [0.1, 0.15) is 13.8 Å². The number of halogens is 2. The summed E-state index contributed by atoms with van der Waals surface area (Å²) in [6, 6.07) is 9.47. The number of pyridine rings is 1. The number of ether oxygens (including phenoxy) is 1. The molecular formula is C14H15Br2N3O. The summed E-state index contributed by atoms with van der Waals surface area (Å²) in [5, 5.41) is 3.23. The van der Waals surface area contributed by atoms with Crippen LogP contribution in [0.25, 0.3) is 0 Å². The number of nitrogens with zero attached hydrogens (tertiary/aromatic N) is 1. The molecule has 20 heavy (non-hydrogen) atoms. The van der Waals surface area contributed by atoms with Gasteiger partial charge in [-0.05, 0) is 60.1 Å². The largest absolute Gasteiger partial charge is 0.473 e. The molecule has 0 aliphatic heterocycles. The molecule has 1 aromatic carbocycles. The Balaban J connectivity index is 2.27. The van der Waals surface area contributed by atoms with Crippen molar-refractivity contribution >= 4 is 49.1 Å². The normalized spacial score (nSPS) is 10.7. The lowest BCUT2D eigenvalue weighted by atomic mass is 10.3. The third-order valence-corrected chi connectivity index (χ3v) is 3.61. The molecule has 3 N–H and O–H groups in total. The number of nitrogen functional groups attached to an aromatic ring is 1. The number of benzene rings is 1. The van der Waals surface area contributed by atoms with Crippen LogP contribution in [0.2, 0.25) is 0 Å². The topological polar surface area (TPSA) is 60.2 Å². The first-order chi connectivity index (χ1) is 9.45. The summed E-state index contributed by atoms with van der Waals surface area (Å²) in [4.78, 5) is 4.38. The van der Waals surface area contributed by atoms with Crippen LogP contribution in [0.4, 0.5) is 17.2 Å². The lowest BCUT2D eigenvalue weighted by molar-refractivity contribution is 0.234. The van der Waals surface area contributed by atoms with Gasteiger partial charge in [0.05, 0.1) is 17.5 Å². The van der Waals surface area contributed by atoms with Gasteiger partial charge in [0.2, 0.25) is 5.88 Å². The average Bonchev–Trinajstić information content (AvgIpc) is 2.37. The van der Waals surface area contributed by atoms with Gasteiger partial charge in [-0.3, -0.25) is 0 Å². The van der Waals surface area contributed by atoms with Crippen LogP contribution in [0, 0.1) is 0 Å². The first-order valence-corrected chi connectivity index (χ1v) is 7.69. The van der Waals surface area contributed by atoms with Gasteiger partial charge in [0.15, 0.2) is 0 Å². The van der Waals surface area contributed by atoms with Crippen molar-refractivity contribution in [3.8, 4) is 5.88 Å². The Morgan fingerprint density at radius 2 is 1.95 bits per heavy atom. The van der Waals surface area contributed by atoms with Gasteiger partial charge in [-0.2, -0.15) is 4.98 Å².